The molecule has 2 aromatic carbocycles. The highest BCUT2D eigenvalue weighted by Gasteiger charge is 2.29. The number of anilines is 3. The largest absolute Gasteiger partial charge is 0.393 e. The summed E-state index contributed by atoms with van der Waals surface area (Å²) in [4.78, 5) is 11.6. The van der Waals surface area contributed by atoms with Gasteiger partial charge in [0.15, 0.2) is 9.84 Å². The van der Waals surface area contributed by atoms with E-state index in [1.165, 1.54) is 0 Å². The van der Waals surface area contributed by atoms with Crippen LogP contribution in [-0.2, 0) is 22.0 Å². The van der Waals surface area contributed by atoms with Crippen LogP contribution in [0.5, 0.6) is 0 Å². The summed E-state index contributed by atoms with van der Waals surface area (Å²) >= 11 is 0. The van der Waals surface area contributed by atoms with Crippen molar-refractivity contribution in [3.63, 3.8) is 0 Å². The van der Waals surface area contributed by atoms with Crippen LogP contribution in [0.4, 0.5) is 17.5 Å². The van der Waals surface area contributed by atoms with Gasteiger partial charge in [-0.3, -0.25) is 0 Å². The van der Waals surface area contributed by atoms with Crippen molar-refractivity contribution in [3.05, 3.63) is 71.9 Å². The molecule has 0 radical (unpaired) electrons. The molecule has 7 nitrogen and oxygen atoms in total. The Labute approximate surface area is 194 Å². The first-order chi connectivity index (χ1) is 16.0. The maximum Gasteiger partial charge on any atom is 0.224 e. The first-order valence-corrected chi connectivity index (χ1v) is 13.1. The maximum atomic E-state index is 13.2. The van der Waals surface area contributed by atoms with Crippen LogP contribution in [-0.4, -0.2) is 42.2 Å². The van der Waals surface area contributed by atoms with E-state index in [0.29, 0.717) is 23.8 Å². The van der Waals surface area contributed by atoms with Crippen molar-refractivity contribution in [2.45, 2.75) is 54.9 Å². The van der Waals surface area contributed by atoms with Crippen LogP contribution in [0.1, 0.15) is 36.8 Å². The third-order valence-corrected chi connectivity index (χ3v) is 8.23. The predicted octanol–water partition coefficient (Wildman–Crippen LogP) is 3.86. The number of hydrogen-bond donors (Lipinski definition) is 2. The molecule has 5 rings (SSSR count). The number of nitrogens with one attached hydrogen (secondary N) is 1. The average molecular weight is 465 g/mol. The fraction of sp³-hybridized carbons (Fsp3) is 0.360. The monoisotopic (exact) mass is 464 g/mol. The normalized spacial score (nSPS) is 20.5. The zero-order chi connectivity index (χ0) is 22.8. The topological polar surface area (TPSA) is 95.4 Å². The van der Waals surface area contributed by atoms with Crippen LogP contribution in [0, 0.1) is 0 Å². The Morgan fingerprint density at radius 3 is 2.58 bits per heavy atom. The van der Waals surface area contributed by atoms with Crippen molar-refractivity contribution >= 4 is 27.3 Å². The second-order valence-electron chi connectivity index (χ2n) is 8.79. The van der Waals surface area contributed by atoms with E-state index in [0.717, 1.165) is 48.3 Å². The van der Waals surface area contributed by atoms with Gasteiger partial charge in [0.25, 0.3) is 0 Å². The van der Waals surface area contributed by atoms with Gasteiger partial charge in [-0.1, -0.05) is 36.4 Å². The van der Waals surface area contributed by atoms with E-state index >= 15 is 0 Å². The van der Waals surface area contributed by atoms with Crippen molar-refractivity contribution in [1.82, 2.24) is 9.97 Å². The van der Waals surface area contributed by atoms with Crippen molar-refractivity contribution in [2.24, 2.45) is 0 Å². The first kappa shape index (κ1) is 21.9. The summed E-state index contributed by atoms with van der Waals surface area (Å²) in [5, 5.41) is 13.1. The number of sulfone groups is 1. The van der Waals surface area contributed by atoms with Crippen LogP contribution in [0.2, 0.25) is 0 Å². The molecule has 1 aliphatic heterocycles. The Hall–Kier alpha value is -2.97. The molecule has 33 heavy (non-hydrogen) atoms. The second-order valence-corrected chi connectivity index (χ2v) is 10.7. The number of fused-ring (bicyclic) bond motifs is 1. The predicted molar refractivity (Wildman–Crippen MR) is 128 cm³/mol. The standard InChI is InChI=1S/C25H28N4O3S/c30-20-11-9-19(10-12-20)27-25-26-15-13-24(28-25)29-16-14-21-22(29)7-4-8-23(21)33(31,32)17-18-5-2-1-3-6-18/h1-8,13,15,19-20,30H,9-12,14,16-17H2,(H,26,27,28)/t19-,20-. The van der Waals surface area contributed by atoms with Gasteiger partial charge < -0.3 is 15.3 Å². The number of aliphatic hydroxyl groups excluding tert-OH is 1. The summed E-state index contributed by atoms with van der Waals surface area (Å²) in [7, 11) is -3.47. The molecule has 1 aromatic heterocycles. The molecule has 2 aliphatic rings. The molecule has 0 saturated heterocycles. The van der Waals surface area contributed by atoms with Gasteiger partial charge in [-0.15, -0.1) is 0 Å². The highest BCUT2D eigenvalue weighted by Crippen LogP contribution is 2.38. The summed E-state index contributed by atoms with van der Waals surface area (Å²) in [5.74, 6) is 1.30. The summed E-state index contributed by atoms with van der Waals surface area (Å²) in [6.45, 7) is 0.666. The van der Waals surface area contributed by atoms with Gasteiger partial charge >= 0.3 is 0 Å². The third kappa shape index (κ3) is 4.72. The number of benzene rings is 2. The van der Waals surface area contributed by atoms with Crippen LogP contribution in [0.25, 0.3) is 0 Å². The summed E-state index contributed by atoms with van der Waals surface area (Å²) in [6, 6.07) is 16.9. The molecule has 8 heteroatoms. The molecule has 0 spiro atoms. The lowest BCUT2D eigenvalue weighted by molar-refractivity contribution is 0.126. The van der Waals surface area contributed by atoms with Gasteiger partial charge in [-0.05, 0) is 61.4 Å². The minimum absolute atomic E-state index is 0.0120. The van der Waals surface area contributed by atoms with Crippen LogP contribution < -0.4 is 10.2 Å². The van der Waals surface area contributed by atoms with Crippen LogP contribution in [0.3, 0.4) is 0 Å². The van der Waals surface area contributed by atoms with Gasteiger partial charge in [0.1, 0.15) is 5.82 Å². The maximum absolute atomic E-state index is 13.2. The molecule has 3 aromatic rings. The average Bonchev–Trinajstić information content (AvgIpc) is 3.25. The minimum atomic E-state index is -3.47. The highest BCUT2D eigenvalue weighted by atomic mass is 32.2. The quantitative estimate of drug-likeness (QED) is 0.572. The van der Waals surface area contributed by atoms with Crippen LogP contribution in [0.15, 0.2) is 65.7 Å². The Bertz CT molecular complexity index is 1230. The van der Waals surface area contributed by atoms with E-state index < -0.39 is 9.84 Å². The summed E-state index contributed by atoms with van der Waals surface area (Å²) in [5.41, 5.74) is 2.52. The van der Waals surface area contributed by atoms with E-state index in [1.807, 2.05) is 48.5 Å². The lowest BCUT2D eigenvalue weighted by atomic mass is 9.93. The van der Waals surface area contributed by atoms with E-state index in [2.05, 4.69) is 15.2 Å². The van der Waals surface area contributed by atoms with Crippen molar-refractivity contribution in [2.75, 3.05) is 16.8 Å². The number of hydrogen-bond acceptors (Lipinski definition) is 7. The minimum Gasteiger partial charge on any atom is -0.393 e. The molecular weight excluding hydrogens is 436 g/mol. The summed E-state index contributed by atoms with van der Waals surface area (Å²) < 4.78 is 26.5. The molecule has 0 unspecified atom stereocenters. The lowest BCUT2D eigenvalue weighted by Gasteiger charge is -2.26. The zero-order valence-electron chi connectivity index (χ0n) is 18.4. The van der Waals surface area contributed by atoms with E-state index in [1.54, 1.807) is 12.3 Å². The van der Waals surface area contributed by atoms with E-state index in [4.69, 9.17) is 4.98 Å². The molecule has 0 amide bonds. The van der Waals surface area contributed by atoms with Crippen molar-refractivity contribution < 1.29 is 13.5 Å². The number of rotatable bonds is 6. The van der Waals surface area contributed by atoms with Gasteiger partial charge in [0, 0.05) is 24.5 Å². The second kappa shape index (κ2) is 9.11. The Morgan fingerprint density at radius 2 is 1.79 bits per heavy atom. The molecule has 2 N–H and O–H groups in total. The smallest absolute Gasteiger partial charge is 0.224 e. The SMILES string of the molecule is O=S(=O)(Cc1ccccc1)c1cccc2c1CCN2c1ccnc(N[C@H]2CC[C@H](O)CC2)n1. The Kier molecular flexibility index (Phi) is 6.03. The molecule has 0 bridgehead atoms. The number of nitrogens with zero attached hydrogens (tertiary/aromatic N) is 3. The van der Waals surface area contributed by atoms with E-state index in [-0.39, 0.29) is 17.9 Å². The fourth-order valence-corrected chi connectivity index (χ4v) is 6.43. The third-order valence-electron chi connectivity index (χ3n) is 6.47. The van der Waals surface area contributed by atoms with Crippen molar-refractivity contribution in [1.29, 1.82) is 0 Å². The number of aromatic nitrogens is 2. The zero-order valence-corrected chi connectivity index (χ0v) is 19.2. The molecule has 1 aliphatic carbocycles. The first-order valence-electron chi connectivity index (χ1n) is 11.4. The number of aliphatic hydroxyl groups is 1. The van der Waals surface area contributed by atoms with Crippen molar-refractivity contribution in [3.8, 4) is 0 Å². The fourth-order valence-electron chi connectivity index (χ4n) is 4.77. The van der Waals surface area contributed by atoms with Gasteiger partial charge in [0.05, 0.1) is 16.8 Å². The van der Waals surface area contributed by atoms with Gasteiger partial charge in [-0.2, -0.15) is 4.98 Å². The molecule has 172 valence electrons. The highest BCUT2D eigenvalue weighted by molar-refractivity contribution is 7.90. The lowest BCUT2D eigenvalue weighted by Crippen LogP contribution is -2.29. The molecule has 1 saturated carbocycles. The molecule has 2 heterocycles. The molecule has 0 atom stereocenters. The Morgan fingerprint density at radius 1 is 1.00 bits per heavy atom. The molecule has 1 fully saturated rings. The molecular formula is C25H28N4O3S. The Balaban J connectivity index is 1.38. The van der Waals surface area contributed by atoms with Gasteiger partial charge in [0.2, 0.25) is 5.95 Å². The van der Waals surface area contributed by atoms with Crippen LogP contribution >= 0.6 is 0 Å². The van der Waals surface area contributed by atoms with E-state index in [9.17, 15) is 13.5 Å². The van der Waals surface area contributed by atoms with Gasteiger partial charge in [-0.25, -0.2) is 13.4 Å². The summed E-state index contributed by atoms with van der Waals surface area (Å²) in [6.07, 6.45) is 5.54.